The van der Waals surface area contributed by atoms with Crippen LogP contribution in [0.4, 0.5) is 0 Å². The summed E-state index contributed by atoms with van der Waals surface area (Å²) in [6.45, 7) is 1.20. The van der Waals surface area contributed by atoms with E-state index < -0.39 is 17.7 Å². The summed E-state index contributed by atoms with van der Waals surface area (Å²) in [5.41, 5.74) is 15.0. The largest absolute Gasteiger partial charge is 0.370 e. The SMILES string of the molecule is N.NC(=O)CCN(CCC(N)=O)CCC(N)=O. The third kappa shape index (κ3) is 12.3. The summed E-state index contributed by atoms with van der Waals surface area (Å²) in [6, 6.07) is 0. The number of carbonyl (C=O) groups is 3. The Bertz CT molecular complexity index is 227. The fraction of sp³-hybridized carbons (Fsp3) is 0.667. The van der Waals surface area contributed by atoms with Crippen LogP contribution in [0, 0.1) is 0 Å². The molecule has 0 saturated carbocycles. The fourth-order valence-corrected chi connectivity index (χ4v) is 1.14. The van der Waals surface area contributed by atoms with Crippen LogP contribution in [-0.2, 0) is 14.4 Å². The maximum absolute atomic E-state index is 10.6. The molecule has 0 atom stereocenters. The van der Waals surface area contributed by atoms with Gasteiger partial charge in [0.1, 0.15) is 0 Å². The molecule has 0 bridgehead atoms. The van der Waals surface area contributed by atoms with E-state index in [1.807, 2.05) is 0 Å². The average Bonchev–Trinajstić information content (AvgIpc) is 2.15. The molecule has 8 nitrogen and oxygen atoms in total. The van der Waals surface area contributed by atoms with E-state index in [-0.39, 0.29) is 25.4 Å². The van der Waals surface area contributed by atoms with Gasteiger partial charge in [-0.1, -0.05) is 0 Å². The summed E-state index contributed by atoms with van der Waals surface area (Å²) in [5.74, 6) is -1.28. The summed E-state index contributed by atoms with van der Waals surface area (Å²) in [7, 11) is 0. The Balaban J connectivity index is 0. The molecule has 0 aromatic carbocycles. The van der Waals surface area contributed by atoms with Gasteiger partial charge in [0.25, 0.3) is 0 Å². The Morgan fingerprint density at radius 3 is 1.12 bits per heavy atom. The van der Waals surface area contributed by atoms with Crippen molar-refractivity contribution in [1.29, 1.82) is 0 Å². The topological polar surface area (TPSA) is 168 Å². The van der Waals surface area contributed by atoms with Crippen molar-refractivity contribution in [3.8, 4) is 0 Å². The van der Waals surface area contributed by atoms with E-state index >= 15 is 0 Å². The predicted octanol–water partition coefficient (Wildman–Crippen LogP) is -1.92. The maximum Gasteiger partial charge on any atom is 0.218 e. The zero-order chi connectivity index (χ0) is 12.6. The number of rotatable bonds is 9. The van der Waals surface area contributed by atoms with E-state index in [1.54, 1.807) is 4.90 Å². The second kappa shape index (κ2) is 9.55. The van der Waals surface area contributed by atoms with Gasteiger partial charge in [-0.2, -0.15) is 0 Å². The maximum atomic E-state index is 10.6. The van der Waals surface area contributed by atoms with Crippen LogP contribution in [0.15, 0.2) is 0 Å². The average molecular weight is 247 g/mol. The monoisotopic (exact) mass is 247 g/mol. The van der Waals surface area contributed by atoms with Crippen LogP contribution in [0.3, 0.4) is 0 Å². The minimum absolute atomic E-state index is 0. The molecular weight excluding hydrogens is 226 g/mol. The van der Waals surface area contributed by atoms with Crippen LogP contribution < -0.4 is 23.4 Å². The number of nitrogens with two attached hydrogens (primary N) is 3. The summed E-state index contributed by atoms with van der Waals surface area (Å²) in [6.07, 6.45) is 0.534. The van der Waals surface area contributed by atoms with Crippen molar-refractivity contribution in [3.63, 3.8) is 0 Å². The number of primary amides is 3. The van der Waals surface area contributed by atoms with E-state index in [4.69, 9.17) is 17.2 Å². The second-order valence-electron chi connectivity index (χ2n) is 3.49. The molecule has 0 spiro atoms. The molecule has 0 fully saturated rings. The molecule has 0 rings (SSSR count). The van der Waals surface area contributed by atoms with Crippen LogP contribution >= 0.6 is 0 Å². The normalized spacial score (nSPS) is 9.71. The molecule has 0 unspecified atom stereocenters. The Morgan fingerprint density at radius 2 is 0.941 bits per heavy atom. The van der Waals surface area contributed by atoms with E-state index in [2.05, 4.69) is 0 Å². The summed E-state index contributed by atoms with van der Waals surface area (Å²) >= 11 is 0. The smallest absolute Gasteiger partial charge is 0.218 e. The van der Waals surface area contributed by atoms with Crippen molar-refractivity contribution in [3.05, 3.63) is 0 Å². The highest BCUT2D eigenvalue weighted by Gasteiger charge is 2.09. The van der Waals surface area contributed by atoms with Gasteiger partial charge < -0.3 is 28.3 Å². The van der Waals surface area contributed by atoms with Crippen molar-refractivity contribution < 1.29 is 14.4 Å². The molecule has 0 radical (unpaired) electrons. The first-order chi connectivity index (χ1) is 7.41. The van der Waals surface area contributed by atoms with Crippen molar-refractivity contribution >= 4 is 17.7 Å². The Kier molecular flexibility index (Phi) is 9.95. The Hall–Kier alpha value is -1.67. The highest BCUT2D eigenvalue weighted by Crippen LogP contribution is 1.96. The van der Waals surface area contributed by atoms with Gasteiger partial charge in [-0.3, -0.25) is 14.4 Å². The lowest BCUT2D eigenvalue weighted by Crippen LogP contribution is -2.34. The standard InChI is InChI=1S/C9H18N4O3.H3N/c10-7(14)1-4-13(5-2-8(11)15)6-3-9(12)16;/h1-6H2,(H2,10,14)(H2,11,15)(H2,12,16);1H3. The van der Waals surface area contributed by atoms with Gasteiger partial charge in [-0.15, -0.1) is 0 Å². The lowest BCUT2D eigenvalue weighted by Gasteiger charge is -2.20. The molecular formula is C9H21N5O3. The molecule has 0 aromatic rings. The molecule has 0 aromatic heterocycles. The number of carbonyl (C=O) groups excluding carboxylic acids is 3. The third-order valence-corrected chi connectivity index (χ3v) is 2.02. The molecule has 0 aliphatic carbocycles. The Morgan fingerprint density at radius 1 is 0.706 bits per heavy atom. The minimum Gasteiger partial charge on any atom is -0.370 e. The molecule has 0 aliphatic heterocycles. The number of hydrogen-bond donors (Lipinski definition) is 4. The molecule has 3 amide bonds. The molecule has 0 aliphatic rings. The molecule has 8 heteroatoms. The van der Waals surface area contributed by atoms with Gasteiger partial charge in [0.05, 0.1) is 0 Å². The van der Waals surface area contributed by atoms with Crippen LogP contribution in [-0.4, -0.2) is 42.3 Å². The van der Waals surface area contributed by atoms with Crippen molar-refractivity contribution in [2.24, 2.45) is 17.2 Å². The lowest BCUT2D eigenvalue weighted by molar-refractivity contribution is -0.118. The predicted molar refractivity (Wildman–Crippen MR) is 62.9 cm³/mol. The van der Waals surface area contributed by atoms with Crippen molar-refractivity contribution in [2.45, 2.75) is 19.3 Å². The summed E-state index contributed by atoms with van der Waals surface area (Å²) in [5, 5.41) is 0. The Labute approximate surface area is 100 Å². The van der Waals surface area contributed by atoms with Crippen molar-refractivity contribution in [2.75, 3.05) is 19.6 Å². The quantitative estimate of drug-likeness (QED) is 0.371. The van der Waals surface area contributed by atoms with Gasteiger partial charge in [0, 0.05) is 38.9 Å². The highest BCUT2D eigenvalue weighted by molar-refractivity contribution is 5.75. The van der Waals surface area contributed by atoms with Crippen LogP contribution in [0.5, 0.6) is 0 Å². The van der Waals surface area contributed by atoms with Crippen LogP contribution in [0.25, 0.3) is 0 Å². The third-order valence-electron chi connectivity index (χ3n) is 2.02. The zero-order valence-electron chi connectivity index (χ0n) is 9.85. The van der Waals surface area contributed by atoms with Gasteiger partial charge in [-0.05, 0) is 0 Å². The van der Waals surface area contributed by atoms with E-state index in [0.717, 1.165) is 0 Å². The molecule has 9 N–H and O–H groups in total. The first kappa shape index (κ1) is 17.7. The summed E-state index contributed by atoms with van der Waals surface area (Å²) < 4.78 is 0. The van der Waals surface area contributed by atoms with Gasteiger partial charge in [0.2, 0.25) is 17.7 Å². The molecule has 100 valence electrons. The highest BCUT2D eigenvalue weighted by atomic mass is 16.2. The number of hydrogen-bond acceptors (Lipinski definition) is 5. The zero-order valence-corrected chi connectivity index (χ0v) is 9.85. The molecule has 0 heterocycles. The minimum atomic E-state index is -0.428. The van der Waals surface area contributed by atoms with Crippen LogP contribution in [0.1, 0.15) is 19.3 Å². The number of nitrogens with zero attached hydrogens (tertiary/aromatic N) is 1. The molecule has 17 heavy (non-hydrogen) atoms. The van der Waals surface area contributed by atoms with Gasteiger partial charge in [0.15, 0.2) is 0 Å². The summed E-state index contributed by atoms with van der Waals surface area (Å²) in [4.78, 5) is 33.5. The fourth-order valence-electron chi connectivity index (χ4n) is 1.14. The van der Waals surface area contributed by atoms with E-state index in [0.29, 0.717) is 19.6 Å². The van der Waals surface area contributed by atoms with Gasteiger partial charge >= 0.3 is 0 Å². The van der Waals surface area contributed by atoms with E-state index in [9.17, 15) is 14.4 Å². The molecule has 0 saturated heterocycles. The van der Waals surface area contributed by atoms with E-state index in [1.165, 1.54) is 0 Å². The lowest BCUT2D eigenvalue weighted by atomic mass is 10.3. The first-order valence-corrected chi connectivity index (χ1v) is 4.99. The second-order valence-corrected chi connectivity index (χ2v) is 3.49. The first-order valence-electron chi connectivity index (χ1n) is 4.99. The number of amides is 3. The van der Waals surface area contributed by atoms with Crippen LogP contribution in [0.2, 0.25) is 0 Å². The van der Waals surface area contributed by atoms with Gasteiger partial charge in [-0.25, -0.2) is 0 Å². The van der Waals surface area contributed by atoms with Crippen molar-refractivity contribution in [1.82, 2.24) is 11.1 Å².